The van der Waals surface area contributed by atoms with Crippen LogP contribution in [0.4, 0.5) is 0 Å². The Hall–Kier alpha value is -2.07. The van der Waals surface area contributed by atoms with Crippen molar-refractivity contribution in [3.63, 3.8) is 0 Å². The molecule has 0 amide bonds. The third-order valence-electron chi connectivity index (χ3n) is 3.26. The number of aromatic amines is 1. The lowest BCUT2D eigenvalue weighted by Crippen LogP contribution is -1.81. The van der Waals surface area contributed by atoms with Gasteiger partial charge < -0.3 is 4.98 Å². The predicted molar refractivity (Wildman–Crippen MR) is 80.2 cm³/mol. The third-order valence-corrected chi connectivity index (χ3v) is 3.99. The molecule has 0 bridgehead atoms. The first kappa shape index (κ1) is 10.8. The molecule has 4 heteroatoms. The van der Waals surface area contributed by atoms with Crippen molar-refractivity contribution < 1.29 is 0 Å². The highest BCUT2D eigenvalue weighted by atomic mass is 79.9. The standard InChI is InChI=1S/C15H10BrN3/c16-14-13(10-6-2-1-3-7-10)18-15-17-11-8-4-5-9-12(11)19(14)15/h1-9H,(H,17,18). The minimum atomic E-state index is 0.854. The Morgan fingerprint density at radius 2 is 1.68 bits per heavy atom. The number of para-hydroxylation sites is 2. The van der Waals surface area contributed by atoms with E-state index in [0.29, 0.717) is 0 Å². The Morgan fingerprint density at radius 3 is 2.53 bits per heavy atom. The summed E-state index contributed by atoms with van der Waals surface area (Å²) in [5.74, 6) is 0.854. The van der Waals surface area contributed by atoms with Crippen LogP contribution in [0.15, 0.2) is 59.2 Å². The van der Waals surface area contributed by atoms with Crippen LogP contribution in [-0.4, -0.2) is 14.4 Å². The molecule has 0 spiro atoms. The molecule has 0 aliphatic heterocycles. The fourth-order valence-corrected chi connectivity index (χ4v) is 3.06. The summed E-state index contributed by atoms with van der Waals surface area (Å²) in [6, 6.07) is 18.4. The van der Waals surface area contributed by atoms with Crippen LogP contribution in [0.5, 0.6) is 0 Å². The van der Waals surface area contributed by atoms with Gasteiger partial charge in [0.1, 0.15) is 10.3 Å². The third kappa shape index (κ3) is 1.53. The topological polar surface area (TPSA) is 33.1 Å². The summed E-state index contributed by atoms with van der Waals surface area (Å²) in [5, 5.41) is 0. The van der Waals surface area contributed by atoms with Gasteiger partial charge in [0, 0.05) is 5.56 Å². The monoisotopic (exact) mass is 311 g/mol. The Morgan fingerprint density at radius 1 is 0.947 bits per heavy atom. The number of rotatable bonds is 1. The number of aromatic nitrogens is 3. The van der Waals surface area contributed by atoms with Crippen molar-refractivity contribution in [3.8, 4) is 11.3 Å². The van der Waals surface area contributed by atoms with E-state index in [0.717, 1.165) is 32.7 Å². The molecule has 0 saturated heterocycles. The van der Waals surface area contributed by atoms with Gasteiger partial charge in [-0.25, -0.2) is 4.98 Å². The van der Waals surface area contributed by atoms with Gasteiger partial charge in [-0.05, 0) is 28.1 Å². The number of nitrogens with zero attached hydrogens (tertiary/aromatic N) is 2. The van der Waals surface area contributed by atoms with Crippen molar-refractivity contribution in [3.05, 3.63) is 59.2 Å². The van der Waals surface area contributed by atoms with Gasteiger partial charge in [-0.1, -0.05) is 42.5 Å². The maximum Gasteiger partial charge on any atom is 0.213 e. The number of H-pyrrole nitrogens is 1. The average Bonchev–Trinajstić information content (AvgIpc) is 2.97. The van der Waals surface area contributed by atoms with Crippen LogP contribution >= 0.6 is 15.9 Å². The molecular formula is C15H10BrN3. The molecule has 4 rings (SSSR count). The highest BCUT2D eigenvalue weighted by molar-refractivity contribution is 9.10. The first-order valence-corrected chi connectivity index (χ1v) is 6.84. The predicted octanol–water partition coefficient (Wildman–Crippen LogP) is 4.25. The van der Waals surface area contributed by atoms with E-state index >= 15 is 0 Å². The van der Waals surface area contributed by atoms with Gasteiger partial charge in [0.2, 0.25) is 5.78 Å². The van der Waals surface area contributed by atoms with Gasteiger partial charge >= 0.3 is 0 Å². The van der Waals surface area contributed by atoms with E-state index in [1.807, 2.05) is 30.3 Å². The number of imidazole rings is 2. The summed E-state index contributed by atoms with van der Waals surface area (Å²) in [4.78, 5) is 8.01. The average molecular weight is 312 g/mol. The molecule has 19 heavy (non-hydrogen) atoms. The number of hydrogen-bond acceptors (Lipinski definition) is 1. The van der Waals surface area contributed by atoms with Gasteiger partial charge in [-0.3, -0.25) is 4.40 Å². The zero-order chi connectivity index (χ0) is 12.8. The molecule has 2 heterocycles. The fraction of sp³-hybridized carbons (Fsp3) is 0. The van der Waals surface area contributed by atoms with Crippen molar-refractivity contribution in [2.24, 2.45) is 0 Å². The maximum absolute atomic E-state index is 4.68. The molecule has 92 valence electrons. The minimum absolute atomic E-state index is 0.854. The lowest BCUT2D eigenvalue weighted by Gasteiger charge is -1.98. The molecule has 3 nitrogen and oxygen atoms in total. The van der Waals surface area contributed by atoms with Crippen LogP contribution in [-0.2, 0) is 0 Å². The van der Waals surface area contributed by atoms with E-state index < -0.39 is 0 Å². The molecule has 0 aliphatic rings. The molecule has 0 aliphatic carbocycles. The van der Waals surface area contributed by atoms with E-state index in [9.17, 15) is 0 Å². The highest BCUT2D eigenvalue weighted by Crippen LogP contribution is 2.31. The number of halogens is 1. The van der Waals surface area contributed by atoms with Gasteiger partial charge in [0.15, 0.2) is 0 Å². The molecule has 0 fully saturated rings. The van der Waals surface area contributed by atoms with E-state index in [4.69, 9.17) is 0 Å². The van der Waals surface area contributed by atoms with E-state index in [1.165, 1.54) is 0 Å². The van der Waals surface area contributed by atoms with Crippen molar-refractivity contribution in [2.45, 2.75) is 0 Å². The lowest BCUT2D eigenvalue weighted by molar-refractivity contribution is 1.22. The number of benzene rings is 2. The largest absolute Gasteiger partial charge is 0.323 e. The van der Waals surface area contributed by atoms with Gasteiger partial charge in [0.25, 0.3) is 0 Å². The summed E-state index contributed by atoms with van der Waals surface area (Å²) in [6.07, 6.45) is 0. The molecule has 0 radical (unpaired) electrons. The molecule has 1 N–H and O–H groups in total. The number of hydrogen-bond donors (Lipinski definition) is 1. The Labute approximate surface area is 118 Å². The molecule has 0 unspecified atom stereocenters. The molecule has 0 saturated carbocycles. The second-order valence-electron chi connectivity index (χ2n) is 4.42. The first-order chi connectivity index (χ1) is 9.34. The Bertz CT molecular complexity index is 874. The zero-order valence-electron chi connectivity index (χ0n) is 9.97. The van der Waals surface area contributed by atoms with Gasteiger partial charge in [-0.2, -0.15) is 0 Å². The molecular weight excluding hydrogens is 302 g/mol. The maximum atomic E-state index is 4.68. The van der Waals surface area contributed by atoms with Gasteiger partial charge in [0.05, 0.1) is 11.0 Å². The second kappa shape index (κ2) is 3.96. The van der Waals surface area contributed by atoms with Crippen molar-refractivity contribution in [1.82, 2.24) is 14.4 Å². The SMILES string of the molecule is Brc1c(-c2ccccc2)nc2[nH]c3ccccc3n12. The minimum Gasteiger partial charge on any atom is -0.323 e. The van der Waals surface area contributed by atoms with Crippen LogP contribution in [0.1, 0.15) is 0 Å². The molecule has 2 aromatic heterocycles. The lowest BCUT2D eigenvalue weighted by atomic mass is 10.2. The summed E-state index contributed by atoms with van der Waals surface area (Å²) in [7, 11) is 0. The first-order valence-electron chi connectivity index (χ1n) is 6.05. The summed E-state index contributed by atoms with van der Waals surface area (Å²) < 4.78 is 3.07. The van der Waals surface area contributed by atoms with Crippen LogP contribution in [0.2, 0.25) is 0 Å². The Balaban J connectivity index is 2.08. The van der Waals surface area contributed by atoms with Crippen LogP contribution in [0, 0.1) is 0 Å². The Kier molecular flexibility index (Phi) is 2.26. The summed E-state index contributed by atoms with van der Waals surface area (Å²) >= 11 is 3.67. The quantitative estimate of drug-likeness (QED) is 0.560. The summed E-state index contributed by atoms with van der Waals surface area (Å²) in [6.45, 7) is 0. The van der Waals surface area contributed by atoms with E-state index in [-0.39, 0.29) is 0 Å². The normalized spacial score (nSPS) is 11.4. The van der Waals surface area contributed by atoms with Crippen LogP contribution < -0.4 is 0 Å². The zero-order valence-corrected chi connectivity index (χ0v) is 11.6. The smallest absolute Gasteiger partial charge is 0.213 e. The second-order valence-corrected chi connectivity index (χ2v) is 5.17. The summed E-state index contributed by atoms with van der Waals surface area (Å²) in [5.41, 5.74) is 4.28. The number of nitrogens with one attached hydrogen (secondary N) is 1. The number of fused-ring (bicyclic) bond motifs is 3. The molecule has 4 aromatic rings. The van der Waals surface area contributed by atoms with Crippen LogP contribution in [0.3, 0.4) is 0 Å². The molecule has 0 atom stereocenters. The fourth-order valence-electron chi connectivity index (χ4n) is 2.38. The van der Waals surface area contributed by atoms with E-state index in [1.54, 1.807) is 0 Å². The highest BCUT2D eigenvalue weighted by Gasteiger charge is 2.15. The van der Waals surface area contributed by atoms with Crippen LogP contribution in [0.25, 0.3) is 28.1 Å². The van der Waals surface area contributed by atoms with E-state index in [2.05, 4.69) is 54.6 Å². The molecule has 2 aromatic carbocycles. The van der Waals surface area contributed by atoms with Crippen molar-refractivity contribution in [1.29, 1.82) is 0 Å². The van der Waals surface area contributed by atoms with Crippen molar-refractivity contribution >= 4 is 32.7 Å². The van der Waals surface area contributed by atoms with Gasteiger partial charge in [-0.15, -0.1) is 0 Å². The van der Waals surface area contributed by atoms with Crippen molar-refractivity contribution in [2.75, 3.05) is 0 Å².